The highest BCUT2D eigenvalue weighted by molar-refractivity contribution is 6.00. The van der Waals surface area contributed by atoms with Gasteiger partial charge in [0.2, 0.25) is 11.7 Å². The molecule has 2 aliphatic heterocycles. The zero-order valence-corrected chi connectivity index (χ0v) is 18.2. The van der Waals surface area contributed by atoms with Crippen LogP contribution in [-0.4, -0.2) is 52.3 Å². The number of nitrogens with zero attached hydrogens (tertiary/aromatic N) is 3. The lowest BCUT2D eigenvalue weighted by Crippen LogP contribution is -2.51. The highest BCUT2D eigenvalue weighted by Gasteiger charge is 2.36. The molecule has 0 radical (unpaired) electrons. The van der Waals surface area contributed by atoms with Gasteiger partial charge in [-0.3, -0.25) is 9.59 Å². The maximum atomic E-state index is 13.0. The monoisotopic (exact) mass is 424 g/mol. The smallest absolute Gasteiger partial charge is 0.293 e. The number of nitrogens with one attached hydrogen (secondary N) is 1. The van der Waals surface area contributed by atoms with E-state index in [-0.39, 0.29) is 17.6 Å². The molecule has 8 nitrogen and oxygen atoms in total. The lowest BCUT2D eigenvalue weighted by atomic mass is 10.0. The minimum absolute atomic E-state index is 0.193. The summed E-state index contributed by atoms with van der Waals surface area (Å²) in [5.41, 5.74) is 3.61. The van der Waals surface area contributed by atoms with E-state index in [2.05, 4.69) is 10.4 Å². The van der Waals surface area contributed by atoms with Gasteiger partial charge in [-0.1, -0.05) is 0 Å². The predicted molar refractivity (Wildman–Crippen MR) is 116 cm³/mol. The van der Waals surface area contributed by atoms with Crippen molar-refractivity contribution in [3.63, 3.8) is 0 Å². The van der Waals surface area contributed by atoms with Crippen molar-refractivity contribution in [2.24, 2.45) is 0 Å². The maximum absolute atomic E-state index is 13.0. The van der Waals surface area contributed by atoms with Crippen molar-refractivity contribution in [3.05, 3.63) is 53.2 Å². The summed E-state index contributed by atoms with van der Waals surface area (Å²) in [5, 5.41) is 7.44. The van der Waals surface area contributed by atoms with Gasteiger partial charge < -0.3 is 19.7 Å². The van der Waals surface area contributed by atoms with E-state index >= 15 is 0 Å². The highest BCUT2D eigenvalue weighted by atomic mass is 16.6. The zero-order valence-electron chi connectivity index (χ0n) is 18.2. The second-order valence-corrected chi connectivity index (χ2v) is 7.97. The number of carbonyl (C=O) groups excluding carboxylic acids is 2. The molecule has 3 heterocycles. The first-order valence-electron chi connectivity index (χ1n) is 10.7. The van der Waals surface area contributed by atoms with Crippen molar-refractivity contribution >= 4 is 17.5 Å². The summed E-state index contributed by atoms with van der Waals surface area (Å²) in [4.78, 5) is 27.7. The van der Waals surface area contributed by atoms with Crippen LogP contribution in [0, 0.1) is 13.8 Å². The number of carbonyl (C=O) groups is 2. The van der Waals surface area contributed by atoms with E-state index < -0.39 is 6.04 Å². The topological polar surface area (TPSA) is 85.7 Å². The number of piperidine rings is 1. The first-order chi connectivity index (χ1) is 14.9. The fourth-order valence-electron chi connectivity index (χ4n) is 4.10. The van der Waals surface area contributed by atoms with Gasteiger partial charge in [-0.05, 0) is 70.4 Å². The van der Waals surface area contributed by atoms with Crippen molar-refractivity contribution in [2.45, 2.75) is 46.1 Å². The number of aromatic nitrogens is 2. The van der Waals surface area contributed by atoms with Gasteiger partial charge in [-0.25, -0.2) is 4.68 Å². The normalized spacial score (nSPS) is 18.9. The molecule has 31 heavy (non-hydrogen) atoms. The van der Waals surface area contributed by atoms with Crippen LogP contribution in [0.2, 0.25) is 0 Å². The summed E-state index contributed by atoms with van der Waals surface area (Å²) < 4.78 is 12.9. The Balaban J connectivity index is 1.47. The minimum atomic E-state index is -0.539. The molecule has 4 rings (SSSR count). The standard InChI is InChI=1S/C23H28N4O4/c1-15-14-16(2)27(25-15)19-9-7-18(8-10-19)24-22(28)20-6-4-5-11-26(20)23(29)21-17(3)30-12-13-31-21/h7-10,14,20H,4-6,11-13H2,1-3H3,(H,24,28)/t20-/m1/s1. The van der Waals surface area contributed by atoms with Gasteiger partial charge >= 0.3 is 0 Å². The number of rotatable bonds is 4. The Kier molecular flexibility index (Phi) is 5.97. The Morgan fingerprint density at radius 2 is 1.81 bits per heavy atom. The second kappa shape index (κ2) is 8.83. The van der Waals surface area contributed by atoms with E-state index in [0.717, 1.165) is 29.9 Å². The maximum Gasteiger partial charge on any atom is 0.293 e. The van der Waals surface area contributed by atoms with Crippen LogP contribution in [0.3, 0.4) is 0 Å². The molecule has 1 atom stereocenters. The van der Waals surface area contributed by atoms with E-state index in [0.29, 0.717) is 37.6 Å². The molecule has 0 spiro atoms. The van der Waals surface area contributed by atoms with E-state index in [1.807, 2.05) is 48.9 Å². The number of amides is 2. The van der Waals surface area contributed by atoms with Crippen molar-refractivity contribution in [2.75, 3.05) is 25.1 Å². The number of hydrogen-bond donors (Lipinski definition) is 1. The Labute approximate surface area is 181 Å². The van der Waals surface area contributed by atoms with Crippen molar-refractivity contribution in [1.29, 1.82) is 0 Å². The summed E-state index contributed by atoms with van der Waals surface area (Å²) >= 11 is 0. The number of anilines is 1. The molecular weight excluding hydrogens is 396 g/mol. The van der Waals surface area contributed by atoms with Crippen LogP contribution in [0.4, 0.5) is 5.69 Å². The lowest BCUT2D eigenvalue weighted by molar-refractivity contribution is -0.141. The second-order valence-electron chi connectivity index (χ2n) is 7.97. The van der Waals surface area contributed by atoms with Crippen LogP contribution < -0.4 is 5.32 Å². The molecule has 2 amide bonds. The molecule has 0 bridgehead atoms. The van der Waals surface area contributed by atoms with E-state index in [9.17, 15) is 9.59 Å². The molecule has 0 unspecified atom stereocenters. The number of likely N-dealkylation sites (tertiary alicyclic amines) is 1. The minimum Gasteiger partial charge on any atom is -0.491 e. The Morgan fingerprint density at radius 3 is 2.48 bits per heavy atom. The fourth-order valence-corrected chi connectivity index (χ4v) is 4.10. The summed E-state index contributed by atoms with van der Waals surface area (Å²) in [5.74, 6) is 0.208. The molecule has 1 N–H and O–H groups in total. The van der Waals surface area contributed by atoms with Gasteiger partial charge in [0, 0.05) is 17.9 Å². The number of allylic oxidation sites excluding steroid dienone is 1. The molecule has 2 aromatic rings. The Morgan fingerprint density at radius 1 is 1.06 bits per heavy atom. The molecule has 1 aromatic carbocycles. The Hall–Kier alpha value is -3.29. The molecule has 1 fully saturated rings. The van der Waals surface area contributed by atoms with Gasteiger partial charge in [0.1, 0.15) is 25.0 Å². The number of hydrogen-bond acceptors (Lipinski definition) is 5. The summed E-state index contributed by atoms with van der Waals surface area (Å²) in [7, 11) is 0. The van der Waals surface area contributed by atoms with E-state index in [4.69, 9.17) is 9.47 Å². The van der Waals surface area contributed by atoms with Crippen LogP contribution in [0.1, 0.15) is 37.6 Å². The van der Waals surface area contributed by atoms with E-state index in [1.165, 1.54) is 0 Å². The van der Waals surface area contributed by atoms with Crippen molar-refractivity contribution in [1.82, 2.24) is 14.7 Å². The average molecular weight is 425 g/mol. The quantitative estimate of drug-likeness (QED) is 0.815. The predicted octanol–water partition coefficient (Wildman–Crippen LogP) is 3.09. The van der Waals surface area contributed by atoms with Gasteiger partial charge in [0.25, 0.3) is 5.91 Å². The van der Waals surface area contributed by atoms with Crippen LogP contribution in [-0.2, 0) is 19.1 Å². The van der Waals surface area contributed by atoms with Crippen LogP contribution in [0.25, 0.3) is 5.69 Å². The SMILES string of the molecule is CC1=C(C(=O)N2CCCC[C@@H]2C(=O)Nc2ccc(-n3nc(C)cc3C)cc2)OCCO1. The van der Waals surface area contributed by atoms with E-state index in [1.54, 1.807) is 11.8 Å². The highest BCUT2D eigenvalue weighted by Crippen LogP contribution is 2.24. The molecule has 0 aliphatic carbocycles. The molecule has 0 saturated carbocycles. The molecule has 8 heteroatoms. The summed E-state index contributed by atoms with van der Waals surface area (Å²) in [6.07, 6.45) is 2.38. The number of aryl methyl sites for hydroxylation is 2. The number of benzene rings is 1. The van der Waals surface area contributed by atoms with Gasteiger partial charge in [0.05, 0.1) is 11.4 Å². The first kappa shape index (κ1) is 21.0. The largest absolute Gasteiger partial charge is 0.491 e. The van der Waals surface area contributed by atoms with Crippen LogP contribution >= 0.6 is 0 Å². The van der Waals surface area contributed by atoms with Crippen LogP contribution in [0.5, 0.6) is 0 Å². The van der Waals surface area contributed by atoms with Crippen LogP contribution in [0.15, 0.2) is 41.9 Å². The molecule has 164 valence electrons. The molecule has 1 saturated heterocycles. The molecular formula is C23H28N4O4. The average Bonchev–Trinajstić information content (AvgIpc) is 3.12. The zero-order chi connectivity index (χ0) is 22.0. The van der Waals surface area contributed by atoms with Crippen molar-refractivity contribution in [3.8, 4) is 5.69 Å². The third-order valence-electron chi connectivity index (χ3n) is 5.62. The third kappa shape index (κ3) is 4.42. The van der Waals surface area contributed by atoms with Crippen molar-refractivity contribution < 1.29 is 19.1 Å². The van der Waals surface area contributed by atoms with Gasteiger partial charge in [-0.15, -0.1) is 0 Å². The first-order valence-corrected chi connectivity index (χ1v) is 10.7. The molecule has 1 aromatic heterocycles. The number of ether oxygens (including phenoxy) is 2. The third-order valence-corrected chi connectivity index (χ3v) is 5.62. The van der Waals surface area contributed by atoms with Gasteiger partial charge in [0.15, 0.2) is 0 Å². The summed E-state index contributed by atoms with van der Waals surface area (Å²) in [6.45, 7) is 6.97. The molecule has 2 aliphatic rings. The van der Waals surface area contributed by atoms with Gasteiger partial charge in [-0.2, -0.15) is 5.10 Å². The Bertz CT molecular complexity index is 1010. The summed E-state index contributed by atoms with van der Waals surface area (Å²) in [6, 6.07) is 9.01. The lowest BCUT2D eigenvalue weighted by Gasteiger charge is -2.35. The fraction of sp³-hybridized carbons (Fsp3) is 0.435.